The molecule has 0 aliphatic heterocycles. The maximum atomic E-state index is 11.3. The van der Waals surface area contributed by atoms with Gasteiger partial charge in [-0.05, 0) is 18.2 Å². The molecule has 3 rings (SSSR count). The number of fused-ring (bicyclic) bond motifs is 2. The number of para-hydroxylation sites is 2. The van der Waals surface area contributed by atoms with Crippen LogP contribution in [0, 0.1) is 0 Å². The Bertz CT molecular complexity index is 976. The molecule has 0 saturated heterocycles. The van der Waals surface area contributed by atoms with Crippen molar-refractivity contribution in [2.45, 2.75) is 18.2 Å². The van der Waals surface area contributed by atoms with Gasteiger partial charge in [0.15, 0.2) is 11.8 Å². The first-order valence-electron chi connectivity index (χ1n) is 7.37. The molecule has 0 spiro atoms. The van der Waals surface area contributed by atoms with E-state index in [1.165, 1.54) is 0 Å². The number of carboxylic acid groups (broad SMARTS) is 1. The molecular weight excluding hydrogens is 330 g/mol. The predicted molar refractivity (Wildman–Crippen MR) is 89.2 cm³/mol. The molecule has 0 amide bonds. The monoisotopic (exact) mass is 346 g/mol. The third-order valence-corrected chi connectivity index (χ3v) is 5.17. The minimum Gasteiger partial charge on any atom is -0.480 e. The van der Waals surface area contributed by atoms with E-state index < -0.39 is 21.3 Å². The molecule has 2 aromatic carbocycles. The van der Waals surface area contributed by atoms with Gasteiger partial charge in [0.25, 0.3) is 10.1 Å². The lowest BCUT2D eigenvalue weighted by atomic mass is 10.1. The predicted octanol–water partition coefficient (Wildman–Crippen LogP) is 2.01. The molecule has 1 unspecified atom stereocenters. The quantitative estimate of drug-likeness (QED) is 0.419. The number of aromatic nitrogens is 1. The molecule has 24 heavy (non-hydrogen) atoms. The summed E-state index contributed by atoms with van der Waals surface area (Å²) in [6.45, 7) is 0.151. The molecule has 7 heteroatoms. The number of carbonyl (C=O) groups is 1. The lowest BCUT2D eigenvalue weighted by Crippen LogP contribution is -2.40. The Labute approximate surface area is 138 Å². The highest BCUT2D eigenvalue weighted by molar-refractivity contribution is 7.87. The van der Waals surface area contributed by atoms with Crippen LogP contribution in [-0.2, 0) is 21.5 Å². The third kappa shape index (κ3) is 3.08. The van der Waals surface area contributed by atoms with Gasteiger partial charge in [-0.2, -0.15) is 13.0 Å². The number of carboxylic acids is 1. The van der Waals surface area contributed by atoms with Gasteiger partial charge < -0.3 is 5.11 Å². The number of hydrogen-bond donors (Lipinski definition) is 2. The molecule has 1 aromatic heterocycles. The van der Waals surface area contributed by atoms with Crippen LogP contribution < -0.4 is 4.57 Å². The van der Waals surface area contributed by atoms with E-state index in [4.69, 9.17) is 9.66 Å². The van der Waals surface area contributed by atoms with Gasteiger partial charge in [-0.1, -0.05) is 24.3 Å². The molecule has 0 aliphatic carbocycles. The molecule has 0 saturated carbocycles. The molecule has 1 atom stereocenters. The zero-order chi connectivity index (χ0) is 17.3. The summed E-state index contributed by atoms with van der Waals surface area (Å²) >= 11 is 0. The zero-order valence-corrected chi connectivity index (χ0v) is 13.5. The van der Waals surface area contributed by atoms with Crippen molar-refractivity contribution in [2.75, 3.05) is 0 Å². The summed E-state index contributed by atoms with van der Waals surface area (Å²) in [4.78, 5) is 11.1. The van der Waals surface area contributed by atoms with Crippen molar-refractivity contribution >= 4 is 37.9 Å². The number of aliphatic carboxylic acids is 1. The summed E-state index contributed by atoms with van der Waals surface area (Å²) in [6.07, 6.45) is -0.225. The van der Waals surface area contributed by atoms with Crippen LogP contribution in [0.15, 0.2) is 54.6 Å². The second-order valence-corrected chi connectivity index (χ2v) is 7.14. The summed E-state index contributed by atoms with van der Waals surface area (Å²) in [5.74, 6) is -1.55. The molecule has 0 fully saturated rings. The van der Waals surface area contributed by atoms with Crippen LogP contribution in [0.4, 0.5) is 0 Å². The fourth-order valence-corrected chi connectivity index (χ4v) is 3.55. The van der Waals surface area contributed by atoms with E-state index in [9.17, 15) is 13.2 Å². The molecule has 2 N–H and O–H groups in total. The summed E-state index contributed by atoms with van der Waals surface area (Å²) in [7, 11) is -4.65. The lowest BCUT2D eigenvalue weighted by Gasteiger charge is -2.09. The van der Waals surface area contributed by atoms with Gasteiger partial charge >= 0.3 is 5.97 Å². The number of aryl methyl sites for hydroxylation is 1. The number of rotatable bonds is 5. The van der Waals surface area contributed by atoms with Crippen molar-refractivity contribution in [3.63, 3.8) is 0 Å². The highest BCUT2D eigenvalue weighted by Crippen LogP contribution is 2.18. The number of hydrogen-bond acceptors (Lipinski definition) is 3. The van der Waals surface area contributed by atoms with Crippen molar-refractivity contribution in [3.8, 4) is 0 Å². The number of nitrogens with zero attached hydrogens (tertiary/aromatic N) is 1. The first-order valence-corrected chi connectivity index (χ1v) is 8.87. The first kappa shape index (κ1) is 16.4. The molecule has 0 bridgehead atoms. The maximum Gasteiger partial charge on any atom is 0.324 e. The molecule has 0 aliphatic rings. The van der Waals surface area contributed by atoms with E-state index in [-0.39, 0.29) is 13.0 Å². The normalized spacial score (nSPS) is 13.2. The van der Waals surface area contributed by atoms with Crippen LogP contribution in [-0.4, -0.2) is 29.3 Å². The standard InChI is InChI=1S/C17H15NO5S/c19-17(20)16(24(21,22)23)9-10-18-14-7-3-1-5-12(14)11-13-6-2-4-8-15(13)18/h1-8,11,16H,9-10H2,(H-,19,20,21,22,23)/p+1. The minimum absolute atomic E-state index is 0.151. The van der Waals surface area contributed by atoms with Gasteiger partial charge in [0.2, 0.25) is 11.0 Å². The fraction of sp³-hybridized carbons (Fsp3) is 0.176. The van der Waals surface area contributed by atoms with Crippen molar-refractivity contribution in [2.24, 2.45) is 0 Å². The third-order valence-electron chi connectivity index (χ3n) is 4.02. The van der Waals surface area contributed by atoms with Crippen LogP contribution in [0.1, 0.15) is 6.42 Å². The van der Waals surface area contributed by atoms with Crippen molar-refractivity contribution in [1.82, 2.24) is 0 Å². The Morgan fingerprint density at radius 2 is 1.50 bits per heavy atom. The highest BCUT2D eigenvalue weighted by Gasteiger charge is 2.32. The number of pyridine rings is 1. The van der Waals surface area contributed by atoms with Crippen LogP contribution >= 0.6 is 0 Å². The van der Waals surface area contributed by atoms with Gasteiger partial charge in [0.1, 0.15) is 0 Å². The van der Waals surface area contributed by atoms with Crippen LogP contribution in [0.25, 0.3) is 21.8 Å². The zero-order valence-electron chi connectivity index (χ0n) is 12.7. The molecule has 6 nitrogen and oxygen atoms in total. The van der Waals surface area contributed by atoms with Crippen LogP contribution in [0.5, 0.6) is 0 Å². The van der Waals surface area contributed by atoms with E-state index in [2.05, 4.69) is 0 Å². The van der Waals surface area contributed by atoms with Crippen molar-refractivity contribution in [1.29, 1.82) is 0 Å². The second-order valence-electron chi connectivity index (χ2n) is 5.54. The highest BCUT2D eigenvalue weighted by atomic mass is 32.2. The largest absolute Gasteiger partial charge is 0.480 e. The SMILES string of the molecule is O=C(O)C(CC[n+]1c2ccccc2cc2ccccc21)S(=O)(=O)O. The van der Waals surface area contributed by atoms with E-state index in [0.29, 0.717) is 0 Å². The summed E-state index contributed by atoms with van der Waals surface area (Å²) in [6, 6.07) is 17.2. The van der Waals surface area contributed by atoms with E-state index in [1.807, 2.05) is 59.2 Å². The van der Waals surface area contributed by atoms with Gasteiger partial charge in [-0.3, -0.25) is 9.35 Å². The molecule has 3 aromatic rings. The molecule has 0 radical (unpaired) electrons. The lowest BCUT2D eigenvalue weighted by molar-refractivity contribution is -0.645. The van der Waals surface area contributed by atoms with Crippen molar-refractivity contribution in [3.05, 3.63) is 54.6 Å². The van der Waals surface area contributed by atoms with E-state index in [0.717, 1.165) is 21.8 Å². The summed E-state index contributed by atoms with van der Waals surface area (Å²) in [5.41, 5.74) is 1.74. The first-order chi connectivity index (χ1) is 11.4. The van der Waals surface area contributed by atoms with E-state index in [1.54, 1.807) is 0 Å². The fourth-order valence-electron chi connectivity index (χ4n) is 2.90. The topological polar surface area (TPSA) is 95.5 Å². The average molecular weight is 346 g/mol. The second kappa shape index (κ2) is 6.18. The van der Waals surface area contributed by atoms with Crippen LogP contribution in [0.3, 0.4) is 0 Å². The van der Waals surface area contributed by atoms with Crippen molar-refractivity contribution < 1.29 is 27.4 Å². The molecule has 1 heterocycles. The Morgan fingerprint density at radius 3 is 1.96 bits per heavy atom. The Morgan fingerprint density at radius 1 is 1.00 bits per heavy atom. The maximum absolute atomic E-state index is 11.3. The summed E-state index contributed by atoms with van der Waals surface area (Å²) < 4.78 is 33.6. The van der Waals surface area contributed by atoms with Crippen LogP contribution in [0.2, 0.25) is 0 Å². The van der Waals surface area contributed by atoms with Gasteiger partial charge in [-0.25, -0.2) is 0 Å². The van der Waals surface area contributed by atoms with Gasteiger partial charge in [0.05, 0.1) is 0 Å². The Hall–Kier alpha value is -2.51. The number of benzene rings is 2. The molecule has 124 valence electrons. The minimum atomic E-state index is -4.65. The van der Waals surface area contributed by atoms with E-state index >= 15 is 0 Å². The smallest absolute Gasteiger partial charge is 0.324 e. The Balaban J connectivity index is 2.11. The van der Waals surface area contributed by atoms with Gasteiger partial charge in [-0.15, -0.1) is 0 Å². The summed E-state index contributed by atoms with van der Waals surface area (Å²) in [5, 5.41) is 9.16. The van der Waals surface area contributed by atoms with Gasteiger partial charge in [0, 0.05) is 29.3 Å². The average Bonchev–Trinajstić information content (AvgIpc) is 2.52. The molecular formula is C17H16NO5S+. The Kier molecular flexibility index (Phi) is 4.21.